The van der Waals surface area contributed by atoms with Gasteiger partial charge in [0.25, 0.3) is 0 Å². The maximum absolute atomic E-state index is 6.09. The summed E-state index contributed by atoms with van der Waals surface area (Å²) in [5.74, 6) is 2.60. The number of rotatable bonds is 1. The maximum Gasteiger partial charge on any atom is 0.0350 e. The topological polar surface area (TPSA) is 29.3 Å². The van der Waals surface area contributed by atoms with Crippen LogP contribution in [0.5, 0.6) is 0 Å². The molecular weight excluding hydrogens is 252 g/mol. The molecule has 19 heavy (non-hydrogen) atoms. The third-order valence-corrected chi connectivity index (χ3v) is 6.05. The van der Waals surface area contributed by atoms with Gasteiger partial charge in [0.15, 0.2) is 0 Å². The molecule has 0 saturated carbocycles. The molecule has 0 aliphatic carbocycles. The SMILES string of the molecule is CC1(C)CSCC(N2CCc3c(N)cccc3C2)C1. The number of nitrogens with two attached hydrogens (primary N) is 1. The number of benzene rings is 1. The average Bonchev–Trinajstić information content (AvgIpc) is 2.37. The number of hydrogen-bond acceptors (Lipinski definition) is 3. The molecule has 3 rings (SSSR count). The van der Waals surface area contributed by atoms with Crippen molar-refractivity contribution >= 4 is 17.4 Å². The van der Waals surface area contributed by atoms with Gasteiger partial charge in [0.05, 0.1) is 0 Å². The van der Waals surface area contributed by atoms with Crippen molar-refractivity contribution in [3.63, 3.8) is 0 Å². The zero-order valence-corrected chi connectivity index (χ0v) is 12.8. The normalized spacial score (nSPS) is 26.9. The van der Waals surface area contributed by atoms with Crippen LogP contribution < -0.4 is 5.73 Å². The third-order valence-electron chi connectivity index (χ3n) is 4.44. The Hall–Kier alpha value is -0.670. The molecular formula is C16H24N2S. The molecule has 2 N–H and O–H groups in total. The zero-order valence-electron chi connectivity index (χ0n) is 12.0. The molecule has 0 radical (unpaired) electrons. The predicted molar refractivity (Wildman–Crippen MR) is 84.5 cm³/mol. The highest BCUT2D eigenvalue weighted by Gasteiger charge is 2.33. The van der Waals surface area contributed by atoms with Crippen molar-refractivity contribution in [2.45, 2.75) is 39.3 Å². The number of nitrogens with zero attached hydrogens (tertiary/aromatic N) is 1. The first-order chi connectivity index (χ1) is 9.05. The molecule has 0 spiro atoms. The Kier molecular flexibility index (Phi) is 3.52. The second-order valence-corrected chi connectivity index (χ2v) is 7.77. The van der Waals surface area contributed by atoms with Crippen LogP contribution >= 0.6 is 11.8 Å². The second kappa shape index (κ2) is 5.02. The van der Waals surface area contributed by atoms with Crippen LogP contribution in [0.4, 0.5) is 5.69 Å². The van der Waals surface area contributed by atoms with Crippen molar-refractivity contribution < 1.29 is 0 Å². The van der Waals surface area contributed by atoms with E-state index in [0.29, 0.717) is 5.41 Å². The third kappa shape index (κ3) is 2.77. The summed E-state index contributed by atoms with van der Waals surface area (Å²) in [6, 6.07) is 7.12. The smallest absolute Gasteiger partial charge is 0.0350 e. The van der Waals surface area contributed by atoms with Gasteiger partial charge in [0, 0.05) is 30.6 Å². The lowest BCUT2D eigenvalue weighted by molar-refractivity contribution is 0.146. The second-order valence-electron chi connectivity index (χ2n) is 6.74. The molecule has 1 saturated heterocycles. The minimum Gasteiger partial charge on any atom is -0.398 e. The van der Waals surface area contributed by atoms with Gasteiger partial charge in [0.2, 0.25) is 0 Å². The summed E-state index contributed by atoms with van der Waals surface area (Å²) in [5, 5.41) is 0. The molecule has 2 nitrogen and oxygen atoms in total. The Bertz CT molecular complexity index is 470. The van der Waals surface area contributed by atoms with E-state index in [4.69, 9.17) is 5.73 Å². The van der Waals surface area contributed by atoms with Crippen LogP contribution in [0.1, 0.15) is 31.4 Å². The summed E-state index contributed by atoms with van der Waals surface area (Å²) in [7, 11) is 0. The van der Waals surface area contributed by atoms with E-state index in [2.05, 4.69) is 42.6 Å². The number of fused-ring (bicyclic) bond motifs is 1. The molecule has 2 heterocycles. The quantitative estimate of drug-likeness (QED) is 0.799. The van der Waals surface area contributed by atoms with E-state index >= 15 is 0 Å². The molecule has 1 atom stereocenters. The molecule has 0 amide bonds. The summed E-state index contributed by atoms with van der Waals surface area (Å²) < 4.78 is 0. The Balaban J connectivity index is 1.75. The van der Waals surface area contributed by atoms with Gasteiger partial charge in [-0.25, -0.2) is 0 Å². The van der Waals surface area contributed by atoms with Crippen molar-refractivity contribution in [2.75, 3.05) is 23.8 Å². The first-order valence-electron chi connectivity index (χ1n) is 7.23. The van der Waals surface area contributed by atoms with Crippen LogP contribution in [-0.4, -0.2) is 29.0 Å². The first kappa shape index (κ1) is 13.3. The fourth-order valence-electron chi connectivity index (χ4n) is 3.43. The molecule has 1 aromatic rings. The molecule has 0 bridgehead atoms. The predicted octanol–water partition coefficient (Wildman–Crippen LogP) is 3.16. The number of thioether (sulfide) groups is 1. The zero-order chi connectivity index (χ0) is 13.5. The minimum absolute atomic E-state index is 0.490. The van der Waals surface area contributed by atoms with Crippen molar-refractivity contribution in [3.05, 3.63) is 29.3 Å². The Labute approximate surface area is 120 Å². The van der Waals surface area contributed by atoms with Crippen LogP contribution in [0.25, 0.3) is 0 Å². The summed E-state index contributed by atoms with van der Waals surface area (Å²) >= 11 is 2.12. The summed E-state index contributed by atoms with van der Waals surface area (Å²) in [6.07, 6.45) is 2.45. The van der Waals surface area contributed by atoms with E-state index in [1.807, 2.05) is 6.07 Å². The standard InChI is InChI=1S/C16H24N2S/c1-16(2)8-13(10-19-11-16)18-7-6-14-12(9-18)4-3-5-15(14)17/h3-5,13H,6-11,17H2,1-2H3. The molecule has 1 aromatic carbocycles. The molecule has 0 aromatic heterocycles. The van der Waals surface area contributed by atoms with E-state index in [0.717, 1.165) is 24.7 Å². The Morgan fingerprint density at radius 3 is 3.00 bits per heavy atom. The van der Waals surface area contributed by atoms with Crippen molar-refractivity contribution in [3.8, 4) is 0 Å². The Morgan fingerprint density at radius 1 is 1.37 bits per heavy atom. The van der Waals surface area contributed by atoms with Crippen LogP contribution in [0.2, 0.25) is 0 Å². The van der Waals surface area contributed by atoms with Crippen molar-refractivity contribution in [2.24, 2.45) is 5.41 Å². The van der Waals surface area contributed by atoms with E-state index in [9.17, 15) is 0 Å². The van der Waals surface area contributed by atoms with Gasteiger partial charge in [-0.1, -0.05) is 26.0 Å². The Morgan fingerprint density at radius 2 is 2.21 bits per heavy atom. The lowest BCUT2D eigenvalue weighted by atomic mass is 9.86. The monoisotopic (exact) mass is 276 g/mol. The first-order valence-corrected chi connectivity index (χ1v) is 8.39. The average molecular weight is 276 g/mol. The van der Waals surface area contributed by atoms with E-state index in [1.54, 1.807) is 0 Å². The van der Waals surface area contributed by atoms with E-state index in [-0.39, 0.29) is 0 Å². The lowest BCUT2D eigenvalue weighted by Crippen LogP contribution is -2.45. The summed E-state index contributed by atoms with van der Waals surface area (Å²) in [6.45, 7) is 7.06. The van der Waals surface area contributed by atoms with E-state index in [1.165, 1.54) is 35.6 Å². The van der Waals surface area contributed by atoms with Crippen LogP contribution in [0.15, 0.2) is 18.2 Å². The van der Waals surface area contributed by atoms with Gasteiger partial charge in [0.1, 0.15) is 0 Å². The van der Waals surface area contributed by atoms with Gasteiger partial charge in [-0.15, -0.1) is 0 Å². The molecule has 2 aliphatic heterocycles. The molecule has 1 unspecified atom stereocenters. The lowest BCUT2D eigenvalue weighted by Gasteiger charge is -2.42. The molecule has 2 aliphatic rings. The van der Waals surface area contributed by atoms with Crippen LogP contribution in [-0.2, 0) is 13.0 Å². The fraction of sp³-hybridized carbons (Fsp3) is 0.625. The molecule has 1 fully saturated rings. The van der Waals surface area contributed by atoms with Gasteiger partial charge in [-0.2, -0.15) is 11.8 Å². The molecule has 104 valence electrons. The highest BCUT2D eigenvalue weighted by atomic mass is 32.2. The summed E-state index contributed by atoms with van der Waals surface area (Å²) in [5.41, 5.74) is 10.4. The van der Waals surface area contributed by atoms with Gasteiger partial charge >= 0.3 is 0 Å². The maximum atomic E-state index is 6.09. The number of hydrogen-bond donors (Lipinski definition) is 1. The van der Waals surface area contributed by atoms with Gasteiger partial charge in [-0.05, 0) is 41.2 Å². The highest BCUT2D eigenvalue weighted by Crippen LogP contribution is 2.37. The van der Waals surface area contributed by atoms with Crippen molar-refractivity contribution in [1.29, 1.82) is 0 Å². The largest absolute Gasteiger partial charge is 0.398 e. The van der Waals surface area contributed by atoms with E-state index < -0.39 is 0 Å². The van der Waals surface area contributed by atoms with Gasteiger partial charge < -0.3 is 5.73 Å². The molecule has 3 heteroatoms. The minimum atomic E-state index is 0.490. The highest BCUT2D eigenvalue weighted by molar-refractivity contribution is 7.99. The van der Waals surface area contributed by atoms with Crippen LogP contribution in [0, 0.1) is 5.41 Å². The summed E-state index contributed by atoms with van der Waals surface area (Å²) in [4.78, 5) is 2.68. The number of nitrogen functional groups attached to an aromatic ring is 1. The fourth-order valence-corrected chi connectivity index (χ4v) is 4.82. The number of anilines is 1. The van der Waals surface area contributed by atoms with Gasteiger partial charge in [-0.3, -0.25) is 4.90 Å². The van der Waals surface area contributed by atoms with Crippen LogP contribution in [0.3, 0.4) is 0 Å². The van der Waals surface area contributed by atoms with Crippen molar-refractivity contribution in [1.82, 2.24) is 4.90 Å².